The first-order valence-corrected chi connectivity index (χ1v) is 7.73. The van der Waals surface area contributed by atoms with E-state index in [0.29, 0.717) is 5.69 Å². The number of nitro groups is 1. The van der Waals surface area contributed by atoms with Gasteiger partial charge in [0.25, 0.3) is 5.69 Å². The third kappa shape index (κ3) is 3.21. The molecule has 8 heteroatoms. The molecular formula is C11H15N3O4S. The summed E-state index contributed by atoms with van der Waals surface area (Å²) in [5.74, 6) is 0. The van der Waals surface area contributed by atoms with E-state index in [4.69, 9.17) is 0 Å². The van der Waals surface area contributed by atoms with Crippen LogP contribution < -0.4 is 10.6 Å². The Hall–Kier alpha value is -1.67. The van der Waals surface area contributed by atoms with Crippen molar-refractivity contribution in [3.05, 3.63) is 28.3 Å². The summed E-state index contributed by atoms with van der Waals surface area (Å²) >= 11 is 0. The SMILES string of the molecule is CS(=O)(=O)c1ccc(NC2CCNC2)c([N+](=O)[O-])c1. The second-order valence-electron chi connectivity index (χ2n) is 4.54. The Balaban J connectivity index is 2.35. The smallest absolute Gasteiger partial charge is 0.293 e. The van der Waals surface area contributed by atoms with Crippen LogP contribution in [0.4, 0.5) is 11.4 Å². The lowest BCUT2D eigenvalue weighted by molar-refractivity contribution is -0.384. The van der Waals surface area contributed by atoms with E-state index < -0.39 is 14.8 Å². The van der Waals surface area contributed by atoms with E-state index in [0.717, 1.165) is 31.8 Å². The van der Waals surface area contributed by atoms with Gasteiger partial charge in [-0.05, 0) is 25.1 Å². The van der Waals surface area contributed by atoms with Crippen LogP contribution in [0.25, 0.3) is 0 Å². The fourth-order valence-electron chi connectivity index (χ4n) is 2.01. The highest BCUT2D eigenvalue weighted by atomic mass is 32.2. The minimum absolute atomic E-state index is 0.0469. The number of sulfone groups is 1. The van der Waals surface area contributed by atoms with Crippen molar-refractivity contribution in [1.82, 2.24) is 5.32 Å². The molecule has 0 radical (unpaired) electrons. The molecule has 1 aromatic rings. The molecule has 0 aliphatic carbocycles. The Kier molecular flexibility index (Phi) is 3.72. The van der Waals surface area contributed by atoms with Gasteiger partial charge in [-0.3, -0.25) is 10.1 Å². The van der Waals surface area contributed by atoms with Gasteiger partial charge in [-0.25, -0.2) is 8.42 Å². The second kappa shape index (κ2) is 5.14. The molecular weight excluding hydrogens is 270 g/mol. The Morgan fingerprint density at radius 1 is 1.47 bits per heavy atom. The number of anilines is 1. The molecule has 2 N–H and O–H groups in total. The maximum atomic E-state index is 11.4. The summed E-state index contributed by atoms with van der Waals surface area (Å²) in [7, 11) is -3.45. The number of nitro benzene ring substituents is 1. The van der Waals surface area contributed by atoms with Crippen LogP contribution in [-0.2, 0) is 9.84 Å². The highest BCUT2D eigenvalue weighted by Crippen LogP contribution is 2.28. The van der Waals surface area contributed by atoms with Crippen LogP contribution in [0.1, 0.15) is 6.42 Å². The highest BCUT2D eigenvalue weighted by molar-refractivity contribution is 7.90. The largest absolute Gasteiger partial charge is 0.375 e. The molecule has 7 nitrogen and oxygen atoms in total. The van der Waals surface area contributed by atoms with Crippen LogP contribution in [-0.4, -0.2) is 38.7 Å². The molecule has 1 unspecified atom stereocenters. The number of rotatable bonds is 4. The van der Waals surface area contributed by atoms with Crippen LogP contribution in [0.3, 0.4) is 0 Å². The summed E-state index contributed by atoms with van der Waals surface area (Å²) in [6, 6.07) is 4.06. The Bertz CT molecular complexity index is 594. The van der Waals surface area contributed by atoms with Gasteiger partial charge < -0.3 is 10.6 Å². The average molecular weight is 285 g/mol. The van der Waals surface area contributed by atoms with Crippen molar-refractivity contribution in [2.45, 2.75) is 17.4 Å². The molecule has 1 saturated heterocycles. The maximum absolute atomic E-state index is 11.4. The lowest BCUT2D eigenvalue weighted by Gasteiger charge is -2.13. The quantitative estimate of drug-likeness (QED) is 0.626. The van der Waals surface area contributed by atoms with Crippen LogP contribution in [0, 0.1) is 10.1 Å². The molecule has 104 valence electrons. The maximum Gasteiger partial charge on any atom is 0.293 e. The number of nitrogens with zero attached hydrogens (tertiary/aromatic N) is 1. The number of hydrogen-bond donors (Lipinski definition) is 2. The Morgan fingerprint density at radius 3 is 2.74 bits per heavy atom. The fourth-order valence-corrected chi connectivity index (χ4v) is 2.65. The van der Waals surface area contributed by atoms with Gasteiger partial charge in [0, 0.05) is 24.9 Å². The molecule has 1 aliphatic rings. The fraction of sp³-hybridized carbons (Fsp3) is 0.455. The van der Waals surface area contributed by atoms with Crippen molar-refractivity contribution < 1.29 is 13.3 Å². The highest BCUT2D eigenvalue weighted by Gasteiger charge is 2.22. The second-order valence-corrected chi connectivity index (χ2v) is 6.56. The monoisotopic (exact) mass is 285 g/mol. The van der Waals surface area contributed by atoms with Crippen molar-refractivity contribution in [2.75, 3.05) is 24.7 Å². The Morgan fingerprint density at radius 2 is 2.21 bits per heavy atom. The van der Waals surface area contributed by atoms with Crippen molar-refractivity contribution in [2.24, 2.45) is 0 Å². The van der Waals surface area contributed by atoms with E-state index >= 15 is 0 Å². The first-order valence-electron chi connectivity index (χ1n) is 5.83. The van der Waals surface area contributed by atoms with Crippen LogP contribution in [0.2, 0.25) is 0 Å². The Labute approximate surface area is 111 Å². The minimum atomic E-state index is -3.45. The van der Waals surface area contributed by atoms with Gasteiger partial charge in [-0.2, -0.15) is 0 Å². The molecule has 1 heterocycles. The molecule has 0 aromatic heterocycles. The number of hydrogen-bond acceptors (Lipinski definition) is 6. The molecule has 1 aliphatic heterocycles. The summed E-state index contributed by atoms with van der Waals surface area (Å²) in [5.41, 5.74) is 0.140. The lowest BCUT2D eigenvalue weighted by Crippen LogP contribution is -2.22. The first-order chi connectivity index (χ1) is 8.88. The third-order valence-electron chi connectivity index (χ3n) is 3.01. The standard InChI is InChI=1S/C11H15N3O4S/c1-19(17,18)9-2-3-10(11(6-9)14(15)16)13-8-4-5-12-7-8/h2-3,6,8,12-13H,4-5,7H2,1H3. The molecule has 0 spiro atoms. The zero-order valence-corrected chi connectivity index (χ0v) is 11.2. The minimum Gasteiger partial charge on any atom is -0.375 e. The molecule has 2 rings (SSSR count). The summed E-state index contributed by atoms with van der Waals surface area (Å²) in [6.07, 6.45) is 1.91. The van der Waals surface area contributed by atoms with Gasteiger partial charge in [0.15, 0.2) is 9.84 Å². The van der Waals surface area contributed by atoms with E-state index in [9.17, 15) is 18.5 Å². The van der Waals surface area contributed by atoms with E-state index in [2.05, 4.69) is 10.6 Å². The van der Waals surface area contributed by atoms with Gasteiger partial charge >= 0.3 is 0 Å². The predicted octanol–water partition coefficient (Wildman–Crippen LogP) is 0.772. The van der Waals surface area contributed by atoms with E-state index in [-0.39, 0.29) is 16.6 Å². The average Bonchev–Trinajstić information content (AvgIpc) is 2.80. The van der Waals surface area contributed by atoms with Crippen LogP contribution in [0.5, 0.6) is 0 Å². The first kappa shape index (κ1) is 13.8. The topological polar surface area (TPSA) is 101 Å². The number of nitrogens with one attached hydrogen (secondary N) is 2. The van der Waals surface area contributed by atoms with E-state index in [1.807, 2.05) is 0 Å². The van der Waals surface area contributed by atoms with E-state index in [1.165, 1.54) is 12.1 Å². The number of benzene rings is 1. The molecule has 0 bridgehead atoms. The van der Waals surface area contributed by atoms with Gasteiger partial charge in [-0.15, -0.1) is 0 Å². The van der Waals surface area contributed by atoms with Gasteiger partial charge in [0.1, 0.15) is 5.69 Å². The van der Waals surface area contributed by atoms with Crippen LogP contribution in [0.15, 0.2) is 23.1 Å². The zero-order valence-electron chi connectivity index (χ0n) is 10.4. The molecule has 1 fully saturated rings. The summed E-state index contributed by atoms with van der Waals surface area (Å²) in [4.78, 5) is 10.4. The molecule has 0 amide bonds. The van der Waals surface area contributed by atoms with Gasteiger partial charge in [0.05, 0.1) is 9.82 Å². The summed E-state index contributed by atoms with van der Waals surface area (Å²) in [6.45, 7) is 1.61. The van der Waals surface area contributed by atoms with Crippen molar-refractivity contribution in [3.8, 4) is 0 Å². The van der Waals surface area contributed by atoms with E-state index in [1.54, 1.807) is 0 Å². The summed E-state index contributed by atoms with van der Waals surface area (Å²) in [5, 5.41) is 17.2. The zero-order chi connectivity index (χ0) is 14.0. The third-order valence-corrected chi connectivity index (χ3v) is 4.12. The van der Waals surface area contributed by atoms with Crippen molar-refractivity contribution >= 4 is 21.2 Å². The van der Waals surface area contributed by atoms with Gasteiger partial charge in [-0.1, -0.05) is 0 Å². The predicted molar refractivity (Wildman–Crippen MR) is 71.1 cm³/mol. The molecule has 1 aromatic carbocycles. The molecule has 19 heavy (non-hydrogen) atoms. The normalized spacial score (nSPS) is 19.3. The van der Waals surface area contributed by atoms with Crippen molar-refractivity contribution in [1.29, 1.82) is 0 Å². The van der Waals surface area contributed by atoms with Crippen LogP contribution >= 0.6 is 0 Å². The lowest BCUT2D eigenvalue weighted by atomic mass is 10.2. The molecule has 1 atom stereocenters. The van der Waals surface area contributed by atoms with Crippen molar-refractivity contribution in [3.63, 3.8) is 0 Å². The summed E-state index contributed by atoms with van der Waals surface area (Å²) < 4.78 is 22.8. The van der Waals surface area contributed by atoms with Gasteiger partial charge in [0.2, 0.25) is 0 Å². The molecule has 0 saturated carbocycles.